The molecular formula is C16H21FIN5O2. The monoisotopic (exact) mass is 461 g/mol. The van der Waals surface area contributed by atoms with Crippen molar-refractivity contribution in [3.8, 4) is 11.4 Å². The van der Waals surface area contributed by atoms with Crippen molar-refractivity contribution in [3.63, 3.8) is 0 Å². The third-order valence-electron chi connectivity index (χ3n) is 3.73. The quantitative estimate of drug-likeness (QED) is 0.318. The number of ether oxygens (including phenoxy) is 1. The van der Waals surface area contributed by atoms with Gasteiger partial charge in [0.2, 0.25) is 11.7 Å². The summed E-state index contributed by atoms with van der Waals surface area (Å²) < 4.78 is 23.4. The van der Waals surface area contributed by atoms with Gasteiger partial charge in [0.25, 0.3) is 0 Å². The van der Waals surface area contributed by atoms with Crippen LogP contribution in [-0.2, 0) is 11.2 Å². The molecule has 9 heteroatoms. The van der Waals surface area contributed by atoms with Gasteiger partial charge in [-0.05, 0) is 30.7 Å². The Hall–Kier alpha value is -1.75. The Morgan fingerprint density at radius 2 is 1.96 bits per heavy atom. The average Bonchev–Trinajstić information content (AvgIpc) is 3.09. The number of hydrogen-bond donors (Lipinski definition) is 1. The minimum absolute atomic E-state index is 0. The van der Waals surface area contributed by atoms with Crippen LogP contribution in [0.25, 0.3) is 11.4 Å². The number of nitrogens with zero attached hydrogens (tertiary/aromatic N) is 4. The fourth-order valence-electron chi connectivity index (χ4n) is 2.39. The molecule has 1 aliphatic rings. The highest BCUT2D eigenvalue weighted by atomic mass is 127. The highest BCUT2D eigenvalue weighted by Crippen LogP contribution is 2.16. The summed E-state index contributed by atoms with van der Waals surface area (Å²) >= 11 is 0. The zero-order chi connectivity index (χ0) is 16.8. The first-order chi connectivity index (χ1) is 11.7. The summed E-state index contributed by atoms with van der Waals surface area (Å²) in [6.07, 6.45) is 1.38. The molecule has 0 atom stereocenters. The molecule has 3 rings (SSSR count). The maximum atomic E-state index is 12.9. The van der Waals surface area contributed by atoms with Crippen LogP contribution < -0.4 is 5.73 Å². The van der Waals surface area contributed by atoms with E-state index in [-0.39, 0.29) is 29.8 Å². The number of guanidine groups is 1. The van der Waals surface area contributed by atoms with Crippen molar-refractivity contribution in [2.45, 2.75) is 12.8 Å². The highest BCUT2D eigenvalue weighted by molar-refractivity contribution is 14.0. The predicted molar refractivity (Wildman–Crippen MR) is 102 cm³/mol. The molecule has 2 heterocycles. The number of nitrogens with two attached hydrogens (primary N) is 1. The van der Waals surface area contributed by atoms with Crippen LogP contribution in [0.1, 0.15) is 12.3 Å². The number of aryl methyl sites for hydroxylation is 1. The molecule has 1 aliphatic heterocycles. The number of hydrogen-bond acceptors (Lipinski definition) is 5. The van der Waals surface area contributed by atoms with E-state index in [0.29, 0.717) is 43.9 Å². The molecule has 1 aromatic carbocycles. The standard InChI is InChI=1S/C16H20FN5O2.HI/c17-13-5-3-12(4-6-13)15-20-14(24-21-15)2-1-7-19-16(18)22-8-10-23-11-9-22;/h3-6H,1-2,7-11H2,(H2,18,19);1H. The zero-order valence-electron chi connectivity index (χ0n) is 13.7. The van der Waals surface area contributed by atoms with E-state index in [1.807, 2.05) is 4.90 Å². The van der Waals surface area contributed by atoms with Gasteiger partial charge in [-0.1, -0.05) is 5.16 Å². The van der Waals surface area contributed by atoms with Gasteiger partial charge in [0.1, 0.15) is 5.82 Å². The second kappa shape index (κ2) is 9.66. The Kier molecular flexibility index (Phi) is 7.56. The molecule has 0 unspecified atom stereocenters. The first kappa shape index (κ1) is 19.6. The summed E-state index contributed by atoms with van der Waals surface area (Å²) in [5.74, 6) is 1.25. The molecule has 25 heavy (non-hydrogen) atoms. The molecule has 136 valence electrons. The largest absolute Gasteiger partial charge is 0.378 e. The lowest BCUT2D eigenvalue weighted by molar-refractivity contribution is 0.0674. The first-order valence-corrected chi connectivity index (χ1v) is 7.93. The summed E-state index contributed by atoms with van der Waals surface area (Å²) in [6.45, 7) is 3.52. The van der Waals surface area contributed by atoms with Gasteiger partial charge in [-0.25, -0.2) is 4.39 Å². The summed E-state index contributed by atoms with van der Waals surface area (Å²) in [6, 6.07) is 5.98. The fourth-order valence-corrected chi connectivity index (χ4v) is 2.39. The maximum absolute atomic E-state index is 12.9. The van der Waals surface area contributed by atoms with Crippen LogP contribution in [0.5, 0.6) is 0 Å². The lowest BCUT2D eigenvalue weighted by atomic mass is 10.2. The van der Waals surface area contributed by atoms with Gasteiger partial charge in [-0.15, -0.1) is 24.0 Å². The second-order valence-corrected chi connectivity index (χ2v) is 5.46. The molecule has 0 bridgehead atoms. The SMILES string of the molecule is I.NC(=NCCCc1nc(-c2ccc(F)cc2)no1)N1CCOCC1. The Bertz CT molecular complexity index is 686. The summed E-state index contributed by atoms with van der Waals surface area (Å²) in [4.78, 5) is 10.7. The minimum Gasteiger partial charge on any atom is -0.378 e. The molecule has 0 radical (unpaired) electrons. The zero-order valence-corrected chi connectivity index (χ0v) is 16.1. The van der Waals surface area contributed by atoms with Crippen molar-refractivity contribution in [1.82, 2.24) is 15.0 Å². The molecule has 2 N–H and O–H groups in total. The Balaban J connectivity index is 0.00000225. The van der Waals surface area contributed by atoms with Gasteiger partial charge in [0.15, 0.2) is 5.96 Å². The molecule has 1 fully saturated rings. The molecule has 1 aromatic heterocycles. The molecule has 0 amide bonds. The van der Waals surface area contributed by atoms with Gasteiger partial charge in [0, 0.05) is 31.6 Å². The van der Waals surface area contributed by atoms with Crippen LogP contribution in [0.4, 0.5) is 4.39 Å². The normalized spacial score (nSPS) is 15.1. The Morgan fingerprint density at radius 3 is 2.68 bits per heavy atom. The number of halogens is 2. The van der Waals surface area contributed by atoms with Crippen LogP contribution in [0.2, 0.25) is 0 Å². The molecular weight excluding hydrogens is 440 g/mol. The van der Waals surface area contributed by atoms with E-state index < -0.39 is 0 Å². The number of aliphatic imine (C=N–C) groups is 1. The summed E-state index contributed by atoms with van der Waals surface area (Å²) in [5.41, 5.74) is 6.68. The Labute approximate surface area is 162 Å². The molecule has 0 saturated carbocycles. The Morgan fingerprint density at radius 1 is 1.24 bits per heavy atom. The van der Waals surface area contributed by atoms with Gasteiger partial charge >= 0.3 is 0 Å². The molecule has 0 spiro atoms. The topological polar surface area (TPSA) is 89.8 Å². The van der Waals surface area contributed by atoms with Crippen molar-refractivity contribution < 1.29 is 13.7 Å². The van der Waals surface area contributed by atoms with Gasteiger partial charge in [-0.2, -0.15) is 4.98 Å². The lowest BCUT2D eigenvalue weighted by Crippen LogP contribution is -2.44. The van der Waals surface area contributed by atoms with E-state index in [2.05, 4.69) is 15.1 Å². The average molecular weight is 461 g/mol. The maximum Gasteiger partial charge on any atom is 0.227 e. The van der Waals surface area contributed by atoms with Crippen molar-refractivity contribution in [3.05, 3.63) is 36.0 Å². The predicted octanol–water partition coefficient (Wildman–Crippen LogP) is 2.07. The van der Waals surface area contributed by atoms with Crippen LogP contribution in [0, 0.1) is 5.82 Å². The van der Waals surface area contributed by atoms with Gasteiger partial charge in [-0.3, -0.25) is 4.99 Å². The van der Waals surface area contributed by atoms with E-state index in [9.17, 15) is 4.39 Å². The summed E-state index contributed by atoms with van der Waals surface area (Å²) in [7, 11) is 0. The number of rotatable bonds is 5. The molecule has 2 aromatic rings. The number of morpholine rings is 1. The summed E-state index contributed by atoms with van der Waals surface area (Å²) in [5, 5.41) is 3.91. The van der Waals surface area contributed by atoms with Crippen LogP contribution >= 0.6 is 24.0 Å². The van der Waals surface area contributed by atoms with E-state index >= 15 is 0 Å². The highest BCUT2D eigenvalue weighted by Gasteiger charge is 2.12. The lowest BCUT2D eigenvalue weighted by Gasteiger charge is -2.27. The molecule has 7 nitrogen and oxygen atoms in total. The fraction of sp³-hybridized carbons (Fsp3) is 0.438. The van der Waals surface area contributed by atoms with Crippen molar-refractivity contribution in [2.24, 2.45) is 10.7 Å². The number of benzene rings is 1. The number of aromatic nitrogens is 2. The van der Waals surface area contributed by atoms with Crippen LogP contribution in [0.3, 0.4) is 0 Å². The van der Waals surface area contributed by atoms with Gasteiger partial charge < -0.3 is 19.9 Å². The van der Waals surface area contributed by atoms with Crippen molar-refractivity contribution in [1.29, 1.82) is 0 Å². The van der Waals surface area contributed by atoms with E-state index in [1.165, 1.54) is 12.1 Å². The first-order valence-electron chi connectivity index (χ1n) is 7.93. The van der Waals surface area contributed by atoms with Crippen molar-refractivity contribution >= 4 is 29.9 Å². The second-order valence-electron chi connectivity index (χ2n) is 5.46. The third kappa shape index (κ3) is 5.63. The van der Waals surface area contributed by atoms with Crippen LogP contribution in [-0.4, -0.2) is 53.8 Å². The van der Waals surface area contributed by atoms with E-state index in [0.717, 1.165) is 25.1 Å². The van der Waals surface area contributed by atoms with E-state index in [1.54, 1.807) is 12.1 Å². The molecule has 0 aliphatic carbocycles. The smallest absolute Gasteiger partial charge is 0.227 e. The van der Waals surface area contributed by atoms with Gasteiger partial charge in [0.05, 0.1) is 13.2 Å². The van der Waals surface area contributed by atoms with Crippen molar-refractivity contribution in [2.75, 3.05) is 32.8 Å². The van der Waals surface area contributed by atoms with E-state index in [4.69, 9.17) is 15.0 Å². The van der Waals surface area contributed by atoms with Crippen LogP contribution in [0.15, 0.2) is 33.8 Å². The molecule has 1 saturated heterocycles. The third-order valence-corrected chi connectivity index (χ3v) is 3.73. The minimum atomic E-state index is -0.293.